The molecule has 0 aromatic rings. The number of carboxylic acids is 1. The minimum atomic E-state index is -1.06. The summed E-state index contributed by atoms with van der Waals surface area (Å²) in [6.07, 6.45) is 4.91. The van der Waals surface area contributed by atoms with E-state index in [1.165, 1.54) is 6.92 Å². The van der Waals surface area contributed by atoms with Gasteiger partial charge in [0, 0.05) is 6.92 Å². The van der Waals surface area contributed by atoms with Gasteiger partial charge in [0.05, 0.1) is 6.54 Å². The molecule has 0 unspecified atom stereocenters. The number of aliphatic carboxylic acids is 1. The van der Waals surface area contributed by atoms with Crippen LogP contribution in [-0.2, 0) is 9.59 Å². The first kappa shape index (κ1) is 9.50. The molecule has 0 aliphatic heterocycles. The Morgan fingerprint density at radius 1 is 1.64 bits per heavy atom. The van der Waals surface area contributed by atoms with Gasteiger partial charge in [-0.25, -0.2) is 0 Å². The number of carbonyl (C=O) groups excluding carboxylic acids is 1. The summed E-state index contributed by atoms with van der Waals surface area (Å²) in [4.78, 5) is 21.8. The molecule has 1 amide bonds. The third-order valence-electron chi connectivity index (χ3n) is 1.05. The van der Waals surface area contributed by atoms with Gasteiger partial charge in [-0.2, -0.15) is 0 Å². The Morgan fingerprint density at radius 3 is 2.45 bits per heavy atom. The van der Waals surface area contributed by atoms with Crippen molar-refractivity contribution in [2.45, 2.75) is 6.92 Å². The molecule has 0 rings (SSSR count). The molecular formula is C7H9NO3. The van der Waals surface area contributed by atoms with Crippen molar-refractivity contribution in [3.8, 4) is 12.3 Å². The number of carbonyl (C=O) groups is 2. The lowest BCUT2D eigenvalue weighted by Gasteiger charge is -2.14. The van der Waals surface area contributed by atoms with Crippen LogP contribution in [-0.4, -0.2) is 35.0 Å². The highest BCUT2D eigenvalue weighted by Crippen LogP contribution is 1.87. The zero-order valence-corrected chi connectivity index (χ0v) is 6.20. The fraction of sp³-hybridized carbons (Fsp3) is 0.429. The van der Waals surface area contributed by atoms with E-state index in [0.29, 0.717) is 0 Å². The summed E-state index contributed by atoms with van der Waals surface area (Å²) in [7, 11) is 0. The van der Waals surface area contributed by atoms with E-state index in [9.17, 15) is 9.59 Å². The van der Waals surface area contributed by atoms with Crippen molar-refractivity contribution in [3.05, 3.63) is 0 Å². The first-order valence-corrected chi connectivity index (χ1v) is 2.98. The maximum Gasteiger partial charge on any atom is 0.323 e. The smallest absolute Gasteiger partial charge is 0.323 e. The normalized spacial score (nSPS) is 8.36. The number of nitrogens with zero attached hydrogens (tertiary/aromatic N) is 1. The number of hydrogen-bond acceptors (Lipinski definition) is 2. The van der Waals surface area contributed by atoms with Gasteiger partial charge in [0.1, 0.15) is 6.54 Å². The maximum absolute atomic E-state index is 10.6. The van der Waals surface area contributed by atoms with Crippen molar-refractivity contribution in [1.82, 2.24) is 4.90 Å². The summed E-state index contributed by atoms with van der Waals surface area (Å²) in [5.41, 5.74) is 0. The number of terminal acetylenes is 1. The molecule has 1 N–H and O–H groups in total. The molecule has 0 aromatic carbocycles. The van der Waals surface area contributed by atoms with Crippen LogP contribution in [0.2, 0.25) is 0 Å². The van der Waals surface area contributed by atoms with Gasteiger partial charge in [0.25, 0.3) is 0 Å². The van der Waals surface area contributed by atoms with Gasteiger partial charge in [-0.1, -0.05) is 5.92 Å². The molecular weight excluding hydrogens is 146 g/mol. The van der Waals surface area contributed by atoms with E-state index in [4.69, 9.17) is 11.5 Å². The fourth-order valence-corrected chi connectivity index (χ4v) is 0.552. The third kappa shape index (κ3) is 3.98. The number of hydrogen-bond donors (Lipinski definition) is 1. The first-order chi connectivity index (χ1) is 5.07. The van der Waals surface area contributed by atoms with Crippen LogP contribution in [0, 0.1) is 12.3 Å². The van der Waals surface area contributed by atoms with Crippen LogP contribution in [0.1, 0.15) is 6.92 Å². The van der Waals surface area contributed by atoms with Crippen LogP contribution in [0.15, 0.2) is 0 Å². The Labute approximate surface area is 64.8 Å². The Kier molecular flexibility index (Phi) is 3.75. The molecule has 0 aromatic heterocycles. The molecule has 60 valence electrons. The zero-order chi connectivity index (χ0) is 8.85. The van der Waals surface area contributed by atoms with Crippen molar-refractivity contribution < 1.29 is 14.7 Å². The molecule has 0 atom stereocenters. The number of rotatable bonds is 3. The molecule has 0 heterocycles. The van der Waals surface area contributed by atoms with Crippen molar-refractivity contribution in [1.29, 1.82) is 0 Å². The Hall–Kier alpha value is -1.50. The molecule has 0 bridgehead atoms. The van der Waals surface area contributed by atoms with E-state index in [1.807, 2.05) is 0 Å². The lowest BCUT2D eigenvalue weighted by atomic mass is 10.4. The minimum Gasteiger partial charge on any atom is -0.480 e. The average Bonchev–Trinajstić information content (AvgIpc) is 1.86. The summed E-state index contributed by atoms with van der Waals surface area (Å²) >= 11 is 0. The molecule has 0 aliphatic carbocycles. The van der Waals surface area contributed by atoms with E-state index < -0.39 is 5.97 Å². The summed E-state index contributed by atoms with van der Waals surface area (Å²) in [6.45, 7) is 0.988. The average molecular weight is 155 g/mol. The van der Waals surface area contributed by atoms with Crippen LogP contribution in [0.25, 0.3) is 0 Å². The van der Waals surface area contributed by atoms with E-state index in [1.54, 1.807) is 0 Å². The predicted molar refractivity (Wildman–Crippen MR) is 38.7 cm³/mol. The van der Waals surface area contributed by atoms with Crippen molar-refractivity contribution >= 4 is 11.9 Å². The quantitative estimate of drug-likeness (QED) is 0.562. The molecule has 4 nitrogen and oxygen atoms in total. The van der Waals surface area contributed by atoms with Crippen molar-refractivity contribution in [2.24, 2.45) is 0 Å². The van der Waals surface area contributed by atoms with Gasteiger partial charge in [-0.3, -0.25) is 9.59 Å². The molecule has 4 heteroatoms. The summed E-state index contributed by atoms with van der Waals surface area (Å²) < 4.78 is 0. The maximum atomic E-state index is 10.6. The van der Waals surface area contributed by atoms with Crippen LogP contribution in [0.5, 0.6) is 0 Å². The summed E-state index contributed by atoms with van der Waals surface area (Å²) in [5.74, 6) is 0.808. The van der Waals surface area contributed by atoms with Gasteiger partial charge in [0.15, 0.2) is 0 Å². The SMILES string of the molecule is C#CCN(CC(=O)O)C(C)=O. The monoisotopic (exact) mass is 155 g/mol. The minimum absolute atomic E-state index is 0.0433. The predicted octanol–water partition coefficient (Wildman–Crippen LogP) is -0.447. The van der Waals surface area contributed by atoms with Gasteiger partial charge in [-0.15, -0.1) is 6.42 Å². The molecule has 11 heavy (non-hydrogen) atoms. The topological polar surface area (TPSA) is 57.6 Å². The second-order valence-electron chi connectivity index (χ2n) is 1.97. The van der Waals surface area contributed by atoms with E-state index in [0.717, 1.165) is 4.90 Å². The van der Waals surface area contributed by atoms with E-state index in [2.05, 4.69) is 5.92 Å². The van der Waals surface area contributed by atoms with E-state index >= 15 is 0 Å². The van der Waals surface area contributed by atoms with Gasteiger partial charge >= 0.3 is 5.97 Å². The van der Waals surface area contributed by atoms with Crippen molar-refractivity contribution in [3.63, 3.8) is 0 Å². The van der Waals surface area contributed by atoms with E-state index in [-0.39, 0.29) is 19.0 Å². The van der Waals surface area contributed by atoms with Crippen LogP contribution in [0.4, 0.5) is 0 Å². The molecule has 0 radical (unpaired) electrons. The van der Waals surface area contributed by atoms with Gasteiger partial charge in [-0.05, 0) is 0 Å². The zero-order valence-electron chi connectivity index (χ0n) is 6.20. The highest BCUT2D eigenvalue weighted by atomic mass is 16.4. The molecule has 0 fully saturated rings. The van der Waals surface area contributed by atoms with Crippen LogP contribution < -0.4 is 0 Å². The summed E-state index contributed by atoms with van der Waals surface area (Å²) in [6, 6.07) is 0. The van der Waals surface area contributed by atoms with Crippen LogP contribution >= 0.6 is 0 Å². The fourth-order valence-electron chi connectivity index (χ4n) is 0.552. The van der Waals surface area contributed by atoms with Gasteiger partial charge in [0.2, 0.25) is 5.91 Å². The molecule has 0 aliphatic rings. The van der Waals surface area contributed by atoms with Crippen molar-refractivity contribution in [2.75, 3.05) is 13.1 Å². The Balaban J connectivity index is 4.02. The van der Waals surface area contributed by atoms with Crippen LogP contribution in [0.3, 0.4) is 0 Å². The Bertz CT molecular complexity index is 204. The lowest BCUT2D eigenvalue weighted by molar-refractivity contribution is -0.143. The Morgan fingerprint density at radius 2 is 2.18 bits per heavy atom. The highest BCUT2D eigenvalue weighted by molar-refractivity contribution is 5.79. The molecule has 0 saturated carbocycles. The number of carboxylic acid groups (broad SMARTS) is 1. The standard InChI is InChI=1S/C7H9NO3/c1-3-4-8(6(2)9)5-7(10)11/h1H,4-5H2,2H3,(H,10,11). The third-order valence-corrected chi connectivity index (χ3v) is 1.05. The summed E-state index contributed by atoms with van der Waals surface area (Å²) in [5, 5.41) is 8.30. The second kappa shape index (κ2) is 4.34. The molecule has 0 spiro atoms. The van der Waals surface area contributed by atoms with Gasteiger partial charge < -0.3 is 10.0 Å². The second-order valence-corrected chi connectivity index (χ2v) is 1.97. The molecule has 0 saturated heterocycles. The highest BCUT2D eigenvalue weighted by Gasteiger charge is 2.09. The lowest BCUT2D eigenvalue weighted by Crippen LogP contribution is -2.34. The number of amides is 1. The largest absolute Gasteiger partial charge is 0.480 e. The first-order valence-electron chi connectivity index (χ1n) is 2.98.